The van der Waals surface area contributed by atoms with Gasteiger partial charge >= 0.3 is 0 Å². The Morgan fingerprint density at radius 1 is 1.21 bits per heavy atom. The van der Waals surface area contributed by atoms with Crippen LogP contribution in [0.2, 0.25) is 5.02 Å². The fraction of sp³-hybridized carbons (Fsp3) is 0.0667. The Kier molecular flexibility index (Phi) is 3.32. The first kappa shape index (κ1) is 12.3. The summed E-state index contributed by atoms with van der Waals surface area (Å²) < 4.78 is 0. The molecular weight excluding hydrogens is 278 g/mol. The van der Waals surface area contributed by atoms with E-state index in [1.165, 1.54) is 11.3 Å². The van der Waals surface area contributed by atoms with E-state index in [1.807, 2.05) is 35.7 Å². The second-order valence-corrected chi connectivity index (χ2v) is 5.58. The van der Waals surface area contributed by atoms with Gasteiger partial charge < -0.3 is 0 Å². The second-order valence-electron chi connectivity index (χ2n) is 4.17. The number of hydrogen-bond acceptors (Lipinski definition) is 3. The average Bonchev–Trinajstić information content (AvgIpc) is 2.83. The van der Waals surface area contributed by atoms with Crippen LogP contribution in [0.1, 0.15) is 15.2 Å². The summed E-state index contributed by atoms with van der Waals surface area (Å²) in [7, 11) is 0. The molecule has 19 heavy (non-hydrogen) atoms. The van der Waals surface area contributed by atoms with Gasteiger partial charge in [-0.25, -0.2) is 0 Å². The maximum Gasteiger partial charge on any atom is 0.168 e. The van der Waals surface area contributed by atoms with Crippen LogP contribution >= 0.6 is 22.9 Å². The maximum atomic E-state index is 12.4. The van der Waals surface area contributed by atoms with Crippen LogP contribution in [-0.4, -0.2) is 10.8 Å². The summed E-state index contributed by atoms with van der Waals surface area (Å²) in [5, 5.41) is 3.45. The third-order valence-electron chi connectivity index (χ3n) is 2.96. The van der Waals surface area contributed by atoms with Crippen molar-refractivity contribution < 1.29 is 4.79 Å². The summed E-state index contributed by atoms with van der Waals surface area (Å²) in [5.41, 5.74) is 1.54. The van der Waals surface area contributed by atoms with Crippen LogP contribution in [0.15, 0.2) is 48.0 Å². The van der Waals surface area contributed by atoms with Crippen LogP contribution in [0.4, 0.5) is 0 Å². The molecule has 0 saturated heterocycles. The fourth-order valence-electron chi connectivity index (χ4n) is 2.03. The van der Waals surface area contributed by atoms with E-state index < -0.39 is 0 Å². The number of ketones is 1. The third kappa shape index (κ3) is 2.39. The van der Waals surface area contributed by atoms with Crippen LogP contribution in [0.25, 0.3) is 10.9 Å². The highest BCUT2D eigenvalue weighted by atomic mass is 35.5. The van der Waals surface area contributed by atoms with Gasteiger partial charge in [0.25, 0.3) is 0 Å². The maximum absolute atomic E-state index is 12.4. The molecule has 0 bridgehead atoms. The lowest BCUT2D eigenvalue weighted by atomic mass is 10.0. The minimum Gasteiger partial charge on any atom is -0.294 e. The number of benzene rings is 1. The Balaban J connectivity index is 2.00. The van der Waals surface area contributed by atoms with Gasteiger partial charge in [-0.3, -0.25) is 9.78 Å². The zero-order valence-electron chi connectivity index (χ0n) is 9.97. The number of hydrogen-bond donors (Lipinski definition) is 0. The van der Waals surface area contributed by atoms with E-state index in [0.717, 1.165) is 15.8 Å². The summed E-state index contributed by atoms with van der Waals surface area (Å²) in [6, 6.07) is 11.3. The molecule has 2 aromatic heterocycles. The number of nitrogens with zero attached hydrogens (tertiary/aromatic N) is 1. The molecule has 3 aromatic rings. The first-order valence-electron chi connectivity index (χ1n) is 5.84. The zero-order valence-corrected chi connectivity index (χ0v) is 11.5. The van der Waals surface area contributed by atoms with Crippen molar-refractivity contribution in [2.45, 2.75) is 6.42 Å². The van der Waals surface area contributed by atoms with Gasteiger partial charge in [0.05, 0.1) is 10.5 Å². The number of carbonyl (C=O) groups is 1. The molecule has 2 nitrogen and oxygen atoms in total. The number of halogens is 1. The number of para-hydroxylation sites is 1. The first-order valence-corrected chi connectivity index (χ1v) is 7.10. The molecule has 1 aromatic carbocycles. The molecule has 0 aliphatic rings. The molecule has 0 N–H and O–H groups in total. The molecule has 0 atom stereocenters. The van der Waals surface area contributed by atoms with Crippen LogP contribution in [-0.2, 0) is 6.42 Å². The number of carbonyl (C=O) groups excluding carboxylic acids is 1. The average molecular weight is 288 g/mol. The highest BCUT2D eigenvalue weighted by molar-refractivity contribution is 7.10. The highest BCUT2D eigenvalue weighted by Crippen LogP contribution is 2.25. The van der Waals surface area contributed by atoms with Gasteiger partial charge in [0, 0.05) is 28.4 Å². The van der Waals surface area contributed by atoms with Gasteiger partial charge in [0.15, 0.2) is 5.78 Å². The molecule has 94 valence electrons. The Morgan fingerprint density at radius 3 is 2.84 bits per heavy atom. The minimum absolute atomic E-state index is 0.0722. The summed E-state index contributed by atoms with van der Waals surface area (Å²) >= 11 is 7.54. The van der Waals surface area contributed by atoms with Crippen molar-refractivity contribution >= 4 is 39.6 Å². The van der Waals surface area contributed by atoms with Crippen molar-refractivity contribution in [3.63, 3.8) is 0 Å². The van der Waals surface area contributed by atoms with Gasteiger partial charge in [-0.2, -0.15) is 0 Å². The molecule has 2 heterocycles. The molecule has 3 rings (SSSR count). The number of fused-ring (bicyclic) bond motifs is 1. The molecule has 0 aliphatic heterocycles. The monoisotopic (exact) mass is 287 g/mol. The molecule has 4 heteroatoms. The summed E-state index contributed by atoms with van der Waals surface area (Å²) in [4.78, 5) is 17.6. The summed E-state index contributed by atoms with van der Waals surface area (Å²) in [6.45, 7) is 0. The Bertz CT molecular complexity index is 745. The number of Topliss-reactive ketones (excluding diaryl/α,β-unsaturated/α-hetero) is 1. The second kappa shape index (κ2) is 5.11. The largest absolute Gasteiger partial charge is 0.294 e. The number of aromatic nitrogens is 1. The molecular formula is C15H10ClNOS. The van der Waals surface area contributed by atoms with Gasteiger partial charge in [0.2, 0.25) is 0 Å². The lowest BCUT2D eigenvalue weighted by molar-refractivity contribution is 0.0995. The fourth-order valence-corrected chi connectivity index (χ4v) is 3.13. The SMILES string of the molecule is O=C(Cc1sccc1Cl)c1ccnc2ccccc12. The normalized spacial score (nSPS) is 10.8. The minimum atomic E-state index is 0.0722. The van der Waals surface area contributed by atoms with E-state index in [2.05, 4.69) is 4.98 Å². The zero-order chi connectivity index (χ0) is 13.2. The van der Waals surface area contributed by atoms with Gasteiger partial charge in [-0.15, -0.1) is 11.3 Å². The number of rotatable bonds is 3. The molecule has 0 fully saturated rings. The summed E-state index contributed by atoms with van der Waals surface area (Å²) in [5.74, 6) is 0.0722. The van der Waals surface area contributed by atoms with Crippen molar-refractivity contribution in [3.8, 4) is 0 Å². The van der Waals surface area contributed by atoms with Crippen LogP contribution in [0.5, 0.6) is 0 Å². The van der Waals surface area contributed by atoms with E-state index in [1.54, 1.807) is 12.3 Å². The third-order valence-corrected chi connectivity index (χ3v) is 4.35. The van der Waals surface area contributed by atoms with Crippen LogP contribution in [0.3, 0.4) is 0 Å². The Hall–Kier alpha value is -1.71. The summed E-state index contributed by atoms with van der Waals surface area (Å²) in [6.07, 6.45) is 2.01. The highest BCUT2D eigenvalue weighted by Gasteiger charge is 2.13. The molecule has 0 saturated carbocycles. The number of thiophene rings is 1. The number of pyridine rings is 1. The Morgan fingerprint density at radius 2 is 2.05 bits per heavy atom. The van der Waals surface area contributed by atoms with Crippen molar-refractivity contribution in [1.82, 2.24) is 4.98 Å². The van der Waals surface area contributed by atoms with Crippen molar-refractivity contribution in [2.24, 2.45) is 0 Å². The smallest absolute Gasteiger partial charge is 0.168 e. The topological polar surface area (TPSA) is 30.0 Å². The van der Waals surface area contributed by atoms with E-state index in [-0.39, 0.29) is 5.78 Å². The van der Waals surface area contributed by atoms with E-state index in [0.29, 0.717) is 17.0 Å². The van der Waals surface area contributed by atoms with Crippen LogP contribution < -0.4 is 0 Å². The lowest BCUT2D eigenvalue weighted by Crippen LogP contribution is -2.03. The molecule has 0 aliphatic carbocycles. The molecule has 0 spiro atoms. The first-order chi connectivity index (χ1) is 9.25. The van der Waals surface area contributed by atoms with Crippen LogP contribution in [0, 0.1) is 0 Å². The van der Waals surface area contributed by atoms with Gasteiger partial charge in [-0.05, 0) is 23.6 Å². The van der Waals surface area contributed by atoms with Gasteiger partial charge in [-0.1, -0.05) is 29.8 Å². The van der Waals surface area contributed by atoms with E-state index in [9.17, 15) is 4.79 Å². The van der Waals surface area contributed by atoms with Gasteiger partial charge in [0.1, 0.15) is 0 Å². The molecule has 0 unspecified atom stereocenters. The van der Waals surface area contributed by atoms with E-state index >= 15 is 0 Å². The van der Waals surface area contributed by atoms with Crippen molar-refractivity contribution in [1.29, 1.82) is 0 Å². The predicted molar refractivity (Wildman–Crippen MR) is 79.1 cm³/mol. The van der Waals surface area contributed by atoms with Crippen molar-refractivity contribution in [3.05, 3.63) is 63.4 Å². The predicted octanol–water partition coefficient (Wildman–Crippen LogP) is 4.38. The molecule has 0 radical (unpaired) electrons. The Labute approximate surface area is 119 Å². The quantitative estimate of drug-likeness (QED) is 0.669. The lowest BCUT2D eigenvalue weighted by Gasteiger charge is -2.04. The standard InChI is InChI=1S/C15H10ClNOS/c16-12-6-8-19-15(12)9-14(18)11-5-7-17-13-4-2-1-3-10(11)13/h1-8H,9H2. The van der Waals surface area contributed by atoms with Crippen molar-refractivity contribution in [2.75, 3.05) is 0 Å². The molecule has 0 amide bonds. The van der Waals surface area contributed by atoms with E-state index in [4.69, 9.17) is 11.6 Å².